The van der Waals surface area contributed by atoms with Crippen LogP contribution in [0.15, 0.2) is 21.2 Å². The maximum atomic E-state index is 11.6. The van der Waals surface area contributed by atoms with E-state index in [9.17, 15) is 9.90 Å². The zero-order valence-corrected chi connectivity index (χ0v) is 12.2. The number of rotatable bonds is 4. The number of tetrazole rings is 1. The van der Waals surface area contributed by atoms with E-state index in [4.69, 9.17) is 4.42 Å². The Morgan fingerprint density at radius 2 is 2.20 bits per heavy atom. The molecule has 0 amide bonds. The molecule has 7 nitrogen and oxygen atoms in total. The van der Waals surface area contributed by atoms with Gasteiger partial charge in [0.1, 0.15) is 0 Å². The smallest absolute Gasteiger partial charge is 0.311 e. The average Bonchev–Trinajstić information content (AvgIpc) is 3.10. The molecule has 2 aromatic rings. The molecule has 1 aliphatic carbocycles. The predicted octanol–water partition coefficient (Wildman–Crippen LogP) is 2.34. The van der Waals surface area contributed by atoms with Crippen LogP contribution in [0.1, 0.15) is 25.7 Å². The van der Waals surface area contributed by atoms with Crippen LogP contribution in [0.25, 0.3) is 11.6 Å². The van der Waals surface area contributed by atoms with Crippen molar-refractivity contribution >= 4 is 21.9 Å². The summed E-state index contributed by atoms with van der Waals surface area (Å²) >= 11 is 3.23. The van der Waals surface area contributed by atoms with Gasteiger partial charge in [-0.3, -0.25) is 4.79 Å². The number of hydrogen-bond donors (Lipinski definition) is 1. The number of nitrogens with zero attached hydrogens (tertiary/aromatic N) is 4. The van der Waals surface area contributed by atoms with Gasteiger partial charge in [-0.2, -0.15) is 0 Å². The van der Waals surface area contributed by atoms with E-state index in [1.807, 2.05) is 0 Å². The lowest BCUT2D eigenvalue weighted by Crippen LogP contribution is -2.33. The molecule has 0 aliphatic heterocycles. The molecule has 2 aromatic heterocycles. The average molecular weight is 341 g/mol. The molecule has 8 heteroatoms. The number of carboxylic acid groups (broad SMARTS) is 1. The first-order valence-electron chi connectivity index (χ1n) is 6.36. The quantitative estimate of drug-likeness (QED) is 0.917. The minimum Gasteiger partial charge on any atom is -0.481 e. The Hall–Kier alpha value is -1.70. The van der Waals surface area contributed by atoms with Crippen molar-refractivity contribution in [3.8, 4) is 11.6 Å². The van der Waals surface area contributed by atoms with E-state index >= 15 is 0 Å². The Kier molecular flexibility index (Phi) is 3.33. The molecule has 0 bridgehead atoms. The zero-order chi connectivity index (χ0) is 14.2. The topological polar surface area (TPSA) is 94.0 Å². The van der Waals surface area contributed by atoms with Gasteiger partial charge >= 0.3 is 5.97 Å². The Labute approximate surface area is 123 Å². The van der Waals surface area contributed by atoms with Crippen LogP contribution in [0.5, 0.6) is 0 Å². The van der Waals surface area contributed by atoms with Crippen LogP contribution in [0.3, 0.4) is 0 Å². The second-order valence-electron chi connectivity index (χ2n) is 5.06. The van der Waals surface area contributed by atoms with Crippen molar-refractivity contribution in [2.45, 2.75) is 32.2 Å². The fraction of sp³-hybridized carbons (Fsp3) is 0.500. The Balaban J connectivity index is 1.92. The highest BCUT2D eigenvalue weighted by molar-refractivity contribution is 9.10. The van der Waals surface area contributed by atoms with Crippen molar-refractivity contribution < 1.29 is 14.3 Å². The van der Waals surface area contributed by atoms with Gasteiger partial charge in [-0.25, -0.2) is 4.68 Å². The summed E-state index contributed by atoms with van der Waals surface area (Å²) in [6.45, 7) is 0.267. The van der Waals surface area contributed by atoms with Crippen molar-refractivity contribution in [3.05, 3.63) is 16.8 Å². The first kappa shape index (κ1) is 13.3. The molecule has 0 radical (unpaired) electrons. The molecule has 1 N–H and O–H groups in total. The van der Waals surface area contributed by atoms with E-state index in [0.717, 1.165) is 12.8 Å². The number of furan rings is 1. The van der Waals surface area contributed by atoms with Crippen molar-refractivity contribution in [3.63, 3.8) is 0 Å². The van der Waals surface area contributed by atoms with Crippen molar-refractivity contribution in [1.82, 2.24) is 20.2 Å². The summed E-state index contributed by atoms with van der Waals surface area (Å²) in [4.78, 5) is 11.6. The van der Waals surface area contributed by atoms with Crippen molar-refractivity contribution in [2.24, 2.45) is 5.41 Å². The van der Waals surface area contributed by atoms with Gasteiger partial charge < -0.3 is 9.52 Å². The van der Waals surface area contributed by atoms with E-state index < -0.39 is 11.4 Å². The fourth-order valence-corrected chi connectivity index (χ4v) is 3.01. The van der Waals surface area contributed by atoms with Crippen LogP contribution in [-0.2, 0) is 11.3 Å². The monoisotopic (exact) mass is 340 g/mol. The zero-order valence-electron chi connectivity index (χ0n) is 10.6. The van der Waals surface area contributed by atoms with Crippen molar-refractivity contribution in [2.75, 3.05) is 0 Å². The van der Waals surface area contributed by atoms with Gasteiger partial charge in [0.25, 0.3) is 0 Å². The number of aliphatic carboxylic acids is 1. The number of carbonyl (C=O) groups is 1. The van der Waals surface area contributed by atoms with Gasteiger partial charge in [-0.15, -0.1) is 5.10 Å². The lowest BCUT2D eigenvalue weighted by molar-refractivity contribution is -0.149. The Morgan fingerprint density at radius 3 is 2.80 bits per heavy atom. The summed E-state index contributed by atoms with van der Waals surface area (Å²) in [6, 6.07) is 3.49. The molecule has 0 atom stereocenters. The maximum absolute atomic E-state index is 11.6. The van der Waals surface area contributed by atoms with E-state index in [0.29, 0.717) is 29.1 Å². The van der Waals surface area contributed by atoms with Crippen LogP contribution < -0.4 is 0 Å². The third kappa shape index (κ3) is 2.24. The normalized spacial score (nSPS) is 17.4. The van der Waals surface area contributed by atoms with E-state index in [-0.39, 0.29) is 6.54 Å². The molecule has 1 aliphatic rings. The first-order valence-corrected chi connectivity index (χ1v) is 7.15. The highest BCUT2D eigenvalue weighted by atomic mass is 79.9. The van der Waals surface area contributed by atoms with Gasteiger partial charge in [-0.1, -0.05) is 12.8 Å². The van der Waals surface area contributed by atoms with Gasteiger partial charge in [0, 0.05) is 0 Å². The second kappa shape index (κ2) is 5.01. The highest BCUT2D eigenvalue weighted by Gasteiger charge is 2.42. The standard InChI is InChI=1S/C12H13BrN4O3/c13-9-4-3-8(20-9)10-14-15-16-17(10)7-12(11(18)19)5-1-2-6-12/h3-4H,1-2,5-7H2,(H,18,19). The molecule has 3 rings (SSSR count). The fourth-order valence-electron chi connectivity index (χ4n) is 2.70. The number of carboxylic acids is 1. The third-order valence-electron chi connectivity index (χ3n) is 3.79. The minimum absolute atomic E-state index is 0.267. The molecule has 1 saturated carbocycles. The van der Waals surface area contributed by atoms with Gasteiger partial charge in [0.05, 0.1) is 12.0 Å². The molecule has 0 spiro atoms. The summed E-state index contributed by atoms with van der Waals surface area (Å²) in [5.41, 5.74) is -0.770. The van der Waals surface area contributed by atoms with Crippen LogP contribution in [0.4, 0.5) is 0 Å². The predicted molar refractivity (Wildman–Crippen MR) is 71.8 cm³/mol. The summed E-state index contributed by atoms with van der Waals surface area (Å²) < 4.78 is 7.53. The largest absolute Gasteiger partial charge is 0.481 e. The van der Waals surface area contributed by atoms with E-state index in [2.05, 4.69) is 31.5 Å². The van der Waals surface area contributed by atoms with E-state index in [1.165, 1.54) is 4.68 Å². The maximum Gasteiger partial charge on any atom is 0.311 e. The number of aromatic nitrogens is 4. The van der Waals surface area contributed by atoms with Gasteiger partial charge in [0.2, 0.25) is 5.82 Å². The van der Waals surface area contributed by atoms with Crippen LogP contribution in [-0.4, -0.2) is 31.3 Å². The molecular formula is C12H13BrN4O3. The second-order valence-corrected chi connectivity index (χ2v) is 5.84. The lowest BCUT2D eigenvalue weighted by atomic mass is 9.86. The Bertz CT molecular complexity index is 630. The SMILES string of the molecule is O=C(O)C1(Cn2nnnc2-c2ccc(Br)o2)CCCC1. The van der Waals surface area contributed by atoms with E-state index in [1.54, 1.807) is 12.1 Å². The first-order chi connectivity index (χ1) is 9.61. The van der Waals surface area contributed by atoms with Gasteiger partial charge in [-0.05, 0) is 51.3 Å². The number of hydrogen-bond acceptors (Lipinski definition) is 5. The summed E-state index contributed by atoms with van der Waals surface area (Å²) in [5.74, 6) is 0.181. The van der Waals surface area contributed by atoms with Crippen LogP contribution >= 0.6 is 15.9 Å². The molecule has 0 saturated heterocycles. The van der Waals surface area contributed by atoms with Crippen LogP contribution in [0.2, 0.25) is 0 Å². The molecule has 0 unspecified atom stereocenters. The molecule has 2 heterocycles. The molecular weight excluding hydrogens is 328 g/mol. The lowest BCUT2D eigenvalue weighted by Gasteiger charge is -2.23. The molecule has 1 fully saturated rings. The Morgan fingerprint density at radius 1 is 1.45 bits per heavy atom. The summed E-state index contributed by atoms with van der Waals surface area (Å²) in [5, 5.41) is 21.0. The number of halogens is 1. The van der Waals surface area contributed by atoms with Crippen LogP contribution in [0, 0.1) is 5.41 Å². The molecule has 0 aromatic carbocycles. The molecule has 106 valence electrons. The van der Waals surface area contributed by atoms with Crippen molar-refractivity contribution in [1.29, 1.82) is 0 Å². The molecule has 20 heavy (non-hydrogen) atoms. The minimum atomic E-state index is -0.780. The third-order valence-corrected chi connectivity index (χ3v) is 4.22. The van der Waals surface area contributed by atoms with Gasteiger partial charge in [0.15, 0.2) is 10.4 Å². The summed E-state index contributed by atoms with van der Waals surface area (Å²) in [7, 11) is 0. The summed E-state index contributed by atoms with van der Waals surface area (Å²) in [6.07, 6.45) is 3.17. The highest BCUT2D eigenvalue weighted by Crippen LogP contribution is 2.40.